The summed E-state index contributed by atoms with van der Waals surface area (Å²) in [5.74, 6) is 0.688. The van der Waals surface area contributed by atoms with Crippen molar-refractivity contribution in [1.29, 1.82) is 0 Å². The summed E-state index contributed by atoms with van der Waals surface area (Å²) in [4.78, 5) is 34.2. The van der Waals surface area contributed by atoms with Crippen molar-refractivity contribution >= 4 is 29.0 Å². The Labute approximate surface area is 232 Å². The van der Waals surface area contributed by atoms with Gasteiger partial charge in [-0.1, -0.05) is 41.6 Å². The van der Waals surface area contributed by atoms with Crippen molar-refractivity contribution in [1.82, 2.24) is 20.4 Å². The number of nitrogens with zero attached hydrogens (tertiary/aromatic N) is 4. The predicted octanol–water partition coefficient (Wildman–Crippen LogP) is 3.86. The van der Waals surface area contributed by atoms with Crippen molar-refractivity contribution in [3.63, 3.8) is 0 Å². The Morgan fingerprint density at radius 3 is 2.46 bits per heavy atom. The number of hydrogen-bond acceptors (Lipinski definition) is 8. The molecule has 2 heterocycles. The van der Waals surface area contributed by atoms with Crippen LogP contribution < -0.4 is 10.2 Å². The number of aryl methyl sites for hydroxylation is 2. The molecule has 0 radical (unpaired) electrons. The minimum Gasteiger partial charge on any atom is -0.389 e. The predicted molar refractivity (Wildman–Crippen MR) is 151 cm³/mol. The van der Waals surface area contributed by atoms with Crippen LogP contribution in [0.25, 0.3) is 0 Å². The molecule has 0 bridgehead atoms. The molecule has 2 N–H and O–H groups in total. The lowest BCUT2D eigenvalue weighted by atomic mass is 10.00. The molecule has 39 heavy (non-hydrogen) atoms. The van der Waals surface area contributed by atoms with Gasteiger partial charge in [0.25, 0.3) is 11.8 Å². The number of aromatic nitrogens is 2. The first-order valence-corrected chi connectivity index (χ1v) is 13.5. The second kappa shape index (κ2) is 12.7. The molecular weight excluding hydrogens is 514 g/mol. The molecule has 4 aromatic rings. The van der Waals surface area contributed by atoms with E-state index in [4.69, 9.17) is 4.52 Å². The summed E-state index contributed by atoms with van der Waals surface area (Å²) in [5, 5.41) is 21.0. The number of thiazole rings is 1. The zero-order chi connectivity index (χ0) is 27.9. The van der Waals surface area contributed by atoms with Crippen LogP contribution in [-0.4, -0.2) is 64.7 Å². The van der Waals surface area contributed by atoms with Gasteiger partial charge in [0.15, 0.2) is 5.82 Å². The van der Waals surface area contributed by atoms with Gasteiger partial charge < -0.3 is 24.7 Å². The number of nitrogens with one attached hydrogen (secondary N) is 1. The molecule has 10 heteroatoms. The average molecular weight is 548 g/mol. The number of hydrogen-bond donors (Lipinski definition) is 2. The summed E-state index contributed by atoms with van der Waals surface area (Å²) in [7, 11) is 3.52. The number of amides is 2. The molecule has 2 aromatic carbocycles. The van der Waals surface area contributed by atoms with E-state index in [2.05, 4.69) is 15.5 Å². The van der Waals surface area contributed by atoms with E-state index in [0.717, 1.165) is 16.3 Å². The van der Waals surface area contributed by atoms with E-state index < -0.39 is 12.1 Å². The highest BCUT2D eigenvalue weighted by atomic mass is 32.1. The van der Waals surface area contributed by atoms with Crippen LogP contribution in [0.4, 0.5) is 5.82 Å². The van der Waals surface area contributed by atoms with Gasteiger partial charge in [-0.2, -0.15) is 0 Å². The first kappa shape index (κ1) is 28.0. The van der Waals surface area contributed by atoms with E-state index in [1.165, 1.54) is 11.3 Å². The fourth-order valence-corrected chi connectivity index (χ4v) is 5.03. The van der Waals surface area contributed by atoms with E-state index in [-0.39, 0.29) is 18.4 Å². The zero-order valence-electron chi connectivity index (χ0n) is 22.5. The van der Waals surface area contributed by atoms with Crippen molar-refractivity contribution in [2.24, 2.45) is 0 Å². The van der Waals surface area contributed by atoms with Crippen LogP contribution in [0.1, 0.15) is 42.7 Å². The molecule has 0 unspecified atom stereocenters. The minimum atomic E-state index is -0.908. The van der Waals surface area contributed by atoms with Crippen LogP contribution in [-0.2, 0) is 13.0 Å². The fourth-order valence-electron chi connectivity index (χ4n) is 4.20. The Kier molecular flexibility index (Phi) is 9.11. The third kappa shape index (κ3) is 7.52. The third-order valence-corrected chi connectivity index (χ3v) is 7.26. The normalized spacial score (nSPS) is 12.5. The number of benzene rings is 2. The molecule has 9 nitrogen and oxygen atoms in total. The molecule has 2 aromatic heterocycles. The van der Waals surface area contributed by atoms with E-state index in [1.54, 1.807) is 61.2 Å². The molecule has 0 saturated heterocycles. The Hall–Kier alpha value is -4.02. The quantitative estimate of drug-likeness (QED) is 0.293. The van der Waals surface area contributed by atoms with Gasteiger partial charge in [0.2, 0.25) is 0 Å². The monoisotopic (exact) mass is 547 g/mol. The Balaban J connectivity index is 1.47. The Morgan fingerprint density at radius 2 is 1.79 bits per heavy atom. The van der Waals surface area contributed by atoms with Crippen molar-refractivity contribution in [3.8, 4) is 0 Å². The fraction of sp³-hybridized carbons (Fsp3) is 0.310. The van der Waals surface area contributed by atoms with Crippen LogP contribution in [0, 0.1) is 13.8 Å². The molecule has 4 rings (SSSR count). The van der Waals surface area contributed by atoms with Crippen molar-refractivity contribution < 1.29 is 19.2 Å². The summed E-state index contributed by atoms with van der Waals surface area (Å²) < 4.78 is 5.15. The summed E-state index contributed by atoms with van der Waals surface area (Å²) in [6, 6.07) is 17.5. The van der Waals surface area contributed by atoms with Gasteiger partial charge in [-0.15, -0.1) is 11.3 Å². The lowest BCUT2D eigenvalue weighted by Crippen LogP contribution is -2.49. The van der Waals surface area contributed by atoms with Gasteiger partial charge in [-0.3, -0.25) is 9.59 Å². The lowest BCUT2D eigenvalue weighted by molar-refractivity contribution is 0.0784. The maximum Gasteiger partial charge on any atom is 0.253 e. The lowest BCUT2D eigenvalue weighted by Gasteiger charge is -2.28. The molecule has 0 aliphatic carbocycles. The van der Waals surface area contributed by atoms with E-state index in [1.807, 2.05) is 42.6 Å². The van der Waals surface area contributed by atoms with Crippen LogP contribution in [0.15, 0.2) is 70.6 Å². The highest BCUT2D eigenvalue weighted by molar-refractivity contribution is 7.09. The number of likely N-dealkylation sites (N-methyl/N-ethyl adjacent to an activating group) is 1. The van der Waals surface area contributed by atoms with Gasteiger partial charge in [0.1, 0.15) is 10.8 Å². The van der Waals surface area contributed by atoms with Gasteiger partial charge in [0, 0.05) is 48.9 Å². The molecule has 0 spiro atoms. The maximum atomic E-state index is 13.4. The Morgan fingerprint density at radius 1 is 1.05 bits per heavy atom. The van der Waals surface area contributed by atoms with Crippen LogP contribution in [0.5, 0.6) is 0 Å². The molecular formula is C29H33N5O4S. The third-order valence-electron chi connectivity index (χ3n) is 6.30. The molecule has 0 aliphatic rings. The number of aliphatic hydroxyl groups is 1. The SMILES string of the molecule is Cc1csc(CN(C)C(=O)c2cccc(C(=O)N[C@@H](Cc3ccccc3)[C@H](O)CN(C)c3cc(C)on3)c2)n1. The van der Waals surface area contributed by atoms with Crippen molar-refractivity contribution in [2.45, 2.75) is 39.0 Å². The average Bonchev–Trinajstić information content (AvgIpc) is 3.55. The topological polar surface area (TPSA) is 112 Å². The smallest absolute Gasteiger partial charge is 0.253 e. The summed E-state index contributed by atoms with van der Waals surface area (Å²) in [5.41, 5.74) is 2.64. The number of anilines is 1. The van der Waals surface area contributed by atoms with Gasteiger partial charge >= 0.3 is 0 Å². The largest absolute Gasteiger partial charge is 0.389 e. The summed E-state index contributed by atoms with van der Waals surface area (Å²) >= 11 is 1.51. The van der Waals surface area contributed by atoms with E-state index in [0.29, 0.717) is 35.7 Å². The summed E-state index contributed by atoms with van der Waals surface area (Å²) in [6.07, 6.45) is -0.484. The van der Waals surface area contributed by atoms with Gasteiger partial charge in [0.05, 0.1) is 18.7 Å². The number of rotatable bonds is 11. The molecule has 0 fully saturated rings. The van der Waals surface area contributed by atoms with E-state index in [9.17, 15) is 14.7 Å². The van der Waals surface area contributed by atoms with Crippen LogP contribution in [0.2, 0.25) is 0 Å². The maximum absolute atomic E-state index is 13.4. The zero-order valence-corrected chi connectivity index (χ0v) is 23.3. The molecule has 204 valence electrons. The Bertz CT molecular complexity index is 1400. The summed E-state index contributed by atoms with van der Waals surface area (Å²) in [6.45, 7) is 4.33. The van der Waals surface area contributed by atoms with Gasteiger partial charge in [-0.05, 0) is 44.0 Å². The van der Waals surface area contributed by atoms with E-state index >= 15 is 0 Å². The van der Waals surface area contributed by atoms with Crippen LogP contribution in [0.3, 0.4) is 0 Å². The number of carbonyl (C=O) groups excluding carboxylic acids is 2. The molecule has 0 aliphatic heterocycles. The molecule has 2 amide bonds. The second-order valence-electron chi connectivity index (χ2n) is 9.64. The number of carbonyl (C=O) groups is 2. The standard InChI is InChI=1S/C29H33N5O4S/c1-19-18-39-27(30-19)17-34(4)29(37)23-12-8-11-22(15-23)28(36)31-24(14-21-9-6-5-7-10-21)25(35)16-33(3)26-13-20(2)38-32-26/h5-13,15,18,24-25,35H,14,16-17H2,1-4H3,(H,31,36)/t24-,25+/m0/s1. The highest BCUT2D eigenvalue weighted by Crippen LogP contribution is 2.17. The first-order valence-electron chi connectivity index (χ1n) is 12.6. The molecule has 0 saturated carbocycles. The second-order valence-corrected chi connectivity index (χ2v) is 10.6. The van der Waals surface area contributed by atoms with Crippen molar-refractivity contribution in [2.75, 3.05) is 25.5 Å². The van der Waals surface area contributed by atoms with Crippen molar-refractivity contribution in [3.05, 3.63) is 99.2 Å². The van der Waals surface area contributed by atoms with Gasteiger partial charge in [-0.25, -0.2) is 4.98 Å². The highest BCUT2D eigenvalue weighted by Gasteiger charge is 2.25. The minimum absolute atomic E-state index is 0.206. The first-order chi connectivity index (χ1) is 18.7. The van der Waals surface area contributed by atoms with Crippen LogP contribution >= 0.6 is 11.3 Å². The molecule has 2 atom stereocenters. The number of aliphatic hydroxyl groups excluding tert-OH is 1.